The van der Waals surface area contributed by atoms with Gasteiger partial charge in [-0.25, -0.2) is 0 Å². The van der Waals surface area contributed by atoms with Crippen molar-refractivity contribution in [3.8, 4) is 0 Å². The molecule has 0 fully saturated rings. The van der Waals surface area contributed by atoms with Crippen molar-refractivity contribution in [2.45, 2.75) is 87.4 Å². The fourth-order valence-corrected chi connectivity index (χ4v) is 5.25. The Bertz CT molecular complexity index is 768. The number of hydrogen-bond acceptors (Lipinski definition) is 6. The van der Waals surface area contributed by atoms with Gasteiger partial charge in [0.2, 0.25) is 0 Å². The Balaban J connectivity index is 6.52. The van der Waals surface area contributed by atoms with Gasteiger partial charge in [0, 0.05) is 26.1 Å². The average molecular weight is 510 g/mol. The first-order valence-electron chi connectivity index (χ1n) is 12.5. The third kappa shape index (κ3) is 8.40. The number of aldehydes is 1. The summed E-state index contributed by atoms with van der Waals surface area (Å²) < 4.78 is 11.2. The maximum Gasteiger partial charge on any atom is 0.309 e. The molecule has 6 unspecified atom stereocenters. The number of rotatable bonds is 16. The van der Waals surface area contributed by atoms with E-state index in [1.54, 1.807) is 13.8 Å². The lowest BCUT2D eigenvalue weighted by Gasteiger charge is -2.50. The van der Waals surface area contributed by atoms with Crippen LogP contribution in [0.2, 0.25) is 0 Å². The van der Waals surface area contributed by atoms with Gasteiger partial charge in [-0.1, -0.05) is 62.3 Å². The zero-order valence-corrected chi connectivity index (χ0v) is 24.0. The topological polar surface area (TPSA) is 127 Å². The lowest BCUT2D eigenvalue weighted by Crippen LogP contribution is -2.52. The number of carbonyl (C=O) groups is 4. The molecule has 0 rings (SSSR count). The highest BCUT2D eigenvalue weighted by atomic mass is 16.5. The third-order valence-corrected chi connectivity index (χ3v) is 8.05. The molecule has 2 N–H and O–H groups in total. The molecule has 206 valence electrons. The highest BCUT2D eigenvalue weighted by Crippen LogP contribution is 2.51. The van der Waals surface area contributed by atoms with Gasteiger partial charge in [0.15, 0.2) is 7.85 Å². The normalized spacial score (nSPS) is 18.1. The van der Waals surface area contributed by atoms with Gasteiger partial charge in [0.05, 0.1) is 29.7 Å². The van der Waals surface area contributed by atoms with Crippen LogP contribution in [0.4, 0.5) is 0 Å². The molecule has 8 nitrogen and oxygen atoms in total. The summed E-state index contributed by atoms with van der Waals surface area (Å²) in [4.78, 5) is 49.5. The second-order valence-corrected chi connectivity index (χ2v) is 12.7. The van der Waals surface area contributed by atoms with Crippen LogP contribution in [-0.2, 0) is 28.7 Å². The Morgan fingerprint density at radius 3 is 1.50 bits per heavy atom. The summed E-state index contributed by atoms with van der Waals surface area (Å²) in [6, 6.07) is 0. The standard InChI is InChI=1S/C27H47BO8/c1-15(2)19(22(28)30)21(24(33)34)18(36-11)13-26(6,7)27(8,9)16(14-29)20(23(31)32)17(35-10)12-25(3,4)5/h14-21H,12-13H2,1-11H3,(H,31,32)(H,33,34). The maximum absolute atomic E-state index is 12.5. The lowest BCUT2D eigenvalue weighted by atomic mass is 9.55. The summed E-state index contributed by atoms with van der Waals surface area (Å²) in [5, 5.41) is 20.2. The van der Waals surface area contributed by atoms with E-state index in [4.69, 9.17) is 17.3 Å². The summed E-state index contributed by atoms with van der Waals surface area (Å²) in [6.07, 6.45) is -0.362. The molecular weight excluding hydrogens is 463 g/mol. The fourth-order valence-electron chi connectivity index (χ4n) is 5.25. The molecule has 0 aliphatic carbocycles. The van der Waals surface area contributed by atoms with Crippen LogP contribution in [0, 0.1) is 45.8 Å². The Morgan fingerprint density at radius 2 is 1.22 bits per heavy atom. The van der Waals surface area contributed by atoms with E-state index in [1.807, 2.05) is 48.5 Å². The van der Waals surface area contributed by atoms with Crippen molar-refractivity contribution < 1.29 is 38.9 Å². The number of carboxylic acids is 2. The largest absolute Gasteiger partial charge is 0.481 e. The number of hydrogen-bond donors (Lipinski definition) is 2. The molecule has 0 saturated carbocycles. The fraction of sp³-hybridized carbons (Fsp3) is 0.852. The second kappa shape index (κ2) is 13.2. The first-order chi connectivity index (χ1) is 16.2. The molecule has 0 amide bonds. The van der Waals surface area contributed by atoms with E-state index < -0.39 is 64.3 Å². The smallest absolute Gasteiger partial charge is 0.309 e. The molecule has 0 aromatic carbocycles. The van der Waals surface area contributed by atoms with Crippen molar-refractivity contribution in [3.05, 3.63) is 0 Å². The van der Waals surface area contributed by atoms with Crippen molar-refractivity contribution in [1.29, 1.82) is 0 Å². The first-order valence-corrected chi connectivity index (χ1v) is 12.5. The summed E-state index contributed by atoms with van der Waals surface area (Å²) in [6.45, 7) is 16.7. The number of carbonyl (C=O) groups excluding carboxylic acids is 2. The maximum atomic E-state index is 12.5. The van der Waals surface area contributed by atoms with E-state index in [9.17, 15) is 29.4 Å². The van der Waals surface area contributed by atoms with Gasteiger partial charge in [0.1, 0.15) is 6.29 Å². The highest BCUT2D eigenvalue weighted by molar-refractivity contribution is 6.58. The van der Waals surface area contributed by atoms with Gasteiger partial charge in [0.25, 0.3) is 0 Å². The second-order valence-electron chi connectivity index (χ2n) is 12.7. The van der Waals surface area contributed by atoms with Gasteiger partial charge in [-0.05, 0) is 35.0 Å². The molecule has 6 atom stereocenters. The Morgan fingerprint density at radius 1 is 0.806 bits per heavy atom. The van der Waals surface area contributed by atoms with Crippen LogP contribution >= 0.6 is 0 Å². The van der Waals surface area contributed by atoms with Crippen LogP contribution < -0.4 is 0 Å². The summed E-state index contributed by atoms with van der Waals surface area (Å²) in [7, 11) is 8.40. The molecule has 0 heterocycles. The van der Waals surface area contributed by atoms with E-state index in [-0.39, 0.29) is 17.8 Å². The minimum Gasteiger partial charge on any atom is -0.481 e. The van der Waals surface area contributed by atoms with E-state index in [2.05, 4.69) is 0 Å². The zero-order valence-electron chi connectivity index (χ0n) is 24.0. The number of ether oxygens (including phenoxy) is 2. The molecule has 0 aliphatic heterocycles. The predicted octanol–water partition coefficient (Wildman–Crippen LogP) is 4.08. The van der Waals surface area contributed by atoms with E-state index in [0.29, 0.717) is 12.7 Å². The molecule has 0 aromatic heterocycles. The van der Waals surface area contributed by atoms with Crippen LogP contribution in [0.15, 0.2) is 0 Å². The average Bonchev–Trinajstić information content (AvgIpc) is 2.70. The van der Waals surface area contributed by atoms with Crippen molar-refractivity contribution in [3.63, 3.8) is 0 Å². The molecular formula is C27H47BO8. The molecule has 0 saturated heterocycles. The van der Waals surface area contributed by atoms with Crippen LogP contribution in [0.3, 0.4) is 0 Å². The van der Waals surface area contributed by atoms with Crippen LogP contribution in [0.1, 0.15) is 75.2 Å². The summed E-state index contributed by atoms with van der Waals surface area (Å²) in [5.41, 5.74) is -2.68. The van der Waals surface area contributed by atoms with Crippen molar-refractivity contribution >= 4 is 31.8 Å². The van der Waals surface area contributed by atoms with E-state index >= 15 is 0 Å². The molecule has 36 heavy (non-hydrogen) atoms. The van der Waals surface area contributed by atoms with Gasteiger partial charge < -0.3 is 29.3 Å². The third-order valence-electron chi connectivity index (χ3n) is 8.05. The molecule has 0 bridgehead atoms. The van der Waals surface area contributed by atoms with Crippen LogP contribution in [0.5, 0.6) is 0 Å². The Hall–Kier alpha value is -1.74. The lowest BCUT2D eigenvalue weighted by molar-refractivity contribution is -0.163. The molecule has 9 heteroatoms. The van der Waals surface area contributed by atoms with E-state index in [1.165, 1.54) is 14.2 Å². The molecule has 0 spiro atoms. The van der Waals surface area contributed by atoms with Crippen molar-refractivity contribution in [2.24, 2.45) is 45.8 Å². The predicted molar refractivity (Wildman–Crippen MR) is 139 cm³/mol. The van der Waals surface area contributed by atoms with Gasteiger partial charge in [-0.2, -0.15) is 0 Å². The Kier molecular flexibility index (Phi) is 12.5. The van der Waals surface area contributed by atoms with Crippen LogP contribution in [-0.4, -0.2) is 68.4 Å². The quantitative estimate of drug-likeness (QED) is 0.235. The van der Waals surface area contributed by atoms with Gasteiger partial charge >= 0.3 is 11.9 Å². The number of aliphatic carboxylic acids is 2. The number of methoxy groups -OCH3 is 2. The molecule has 0 aromatic rings. The van der Waals surface area contributed by atoms with Crippen LogP contribution in [0.25, 0.3) is 0 Å². The molecule has 2 radical (unpaired) electrons. The van der Waals surface area contributed by atoms with Crippen molar-refractivity contribution in [2.75, 3.05) is 14.2 Å². The minimum atomic E-state index is -1.21. The summed E-state index contributed by atoms with van der Waals surface area (Å²) >= 11 is 0. The number of carboxylic acid groups (broad SMARTS) is 2. The van der Waals surface area contributed by atoms with Gasteiger partial charge in [-0.15, -0.1) is 0 Å². The summed E-state index contributed by atoms with van der Waals surface area (Å²) in [5.74, 6) is -6.91. The van der Waals surface area contributed by atoms with E-state index in [0.717, 1.165) is 0 Å². The first kappa shape index (κ1) is 34.3. The minimum absolute atomic E-state index is 0.150. The SMILES string of the molecule is [B]C(=O)C(C(C)C)C(C(=O)O)C(CC(C)(C)C(C)(C)C(C=O)C(C(=O)O)C(CC(C)(C)C)OC)OC. The monoisotopic (exact) mass is 510 g/mol. The van der Waals surface area contributed by atoms with Crippen molar-refractivity contribution in [1.82, 2.24) is 0 Å². The molecule has 0 aliphatic rings. The Labute approximate surface area is 218 Å². The zero-order chi connectivity index (χ0) is 28.8. The van der Waals surface area contributed by atoms with Gasteiger partial charge in [-0.3, -0.25) is 9.59 Å². The highest BCUT2D eigenvalue weighted by Gasteiger charge is 2.53.